The summed E-state index contributed by atoms with van der Waals surface area (Å²) in [6, 6.07) is 20.4. The largest absolute Gasteiger partial charge is 0.379 e. The van der Waals surface area contributed by atoms with Gasteiger partial charge in [0.15, 0.2) is 5.13 Å². The van der Waals surface area contributed by atoms with Gasteiger partial charge in [0.25, 0.3) is 15.9 Å². The minimum absolute atomic E-state index is 0.110. The number of aromatic nitrogens is 1. The van der Waals surface area contributed by atoms with Crippen LogP contribution in [0.3, 0.4) is 0 Å². The molecule has 0 radical (unpaired) electrons. The van der Waals surface area contributed by atoms with E-state index < -0.39 is 10.0 Å². The lowest BCUT2D eigenvalue weighted by Gasteiger charge is -2.27. The van der Waals surface area contributed by atoms with Crippen LogP contribution in [0, 0.1) is 0 Å². The van der Waals surface area contributed by atoms with Gasteiger partial charge in [0.1, 0.15) is 0 Å². The molecule has 204 valence electrons. The summed E-state index contributed by atoms with van der Waals surface area (Å²) < 4.78 is 33.9. The van der Waals surface area contributed by atoms with E-state index in [0.717, 1.165) is 49.5 Å². The lowest BCUT2D eigenvalue weighted by molar-refractivity contribution is 0.0376. The molecule has 0 bridgehead atoms. The summed E-state index contributed by atoms with van der Waals surface area (Å²) in [5.74, 6) is -0.234. The zero-order valence-electron chi connectivity index (χ0n) is 21.5. The number of rotatable bonds is 9. The van der Waals surface area contributed by atoms with Crippen molar-refractivity contribution in [2.75, 3.05) is 55.6 Å². The molecule has 1 amide bonds. The van der Waals surface area contributed by atoms with Crippen molar-refractivity contribution in [1.82, 2.24) is 9.88 Å². The van der Waals surface area contributed by atoms with Crippen LogP contribution in [0.15, 0.2) is 77.7 Å². The summed E-state index contributed by atoms with van der Waals surface area (Å²) in [5.41, 5.74) is 1.72. The number of para-hydroxylation sites is 1. The number of carbonyl (C=O) groups excluding carboxylic acids is 1. The van der Waals surface area contributed by atoms with Crippen molar-refractivity contribution in [2.24, 2.45) is 0 Å². The molecule has 4 aromatic rings. The molecular weight excluding hydrogens is 556 g/mol. The SMILES string of the molecule is CN(c1ccccc1)S(=O)(=O)c1ccc(C(=O)N(CCCN2CCOCC2)c2nc3ccc(Cl)cc3s2)cc1. The van der Waals surface area contributed by atoms with Crippen LogP contribution in [0.4, 0.5) is 10.8 Å². The molecule has 39 heavy (non-hydrogen) atoms. The van der Waals surface area contributed by atoms with Crippen LogP contribution in [0.25, 0.3) is 10.2 Å². The number of ether oxygens (including phenoxy) is 1. The van der Waals surface area contributed by atoms with Gasteiger partial charge in [0, 0.05) is 43.8 Å². The van der Waals surface area contributed by atoms with Gasteiger partial charge in [0.2, 0.25) is 0 Å². The van der Waals surface area contributed by atoms with E-state index in [4.69, 9.17) is 21.3 Å². The number of sulfonamides is 1. The number of nitrogens with zero attached hydrogens (tertiary/aromatic N) is 4. The standard InChI is InChI=1S/C28H29ClN4O4S2/c1-31(23-6-3-2-4-7-23)39(35,36)24-11-8-21(9-12-24)27(34)33(15-5-14-32-16-18-37-19-17-32)28-30-25-13-10-22(29)20-26(25)38-28/h2-4,6-13,20H,5,14-19H2,1H3. The maximum Gasteiger partial charge on any atom is 0.264 e. The lowest BCUT2D eigenvalue weighted by Crippen LogP contribution is -2.39. The Morgan fingerprint density at radius 2 is 1.77 bits per heavy atom. The molecular formula is C28H29ClN4O4S2. The van der Waals surface area contributed by atoms with Gasteiger partial charge >= 0.3 is 0 Å². The molecule has 0 spiro atoms. The molecule has 1 aliphatic heterocycles. The van der Waals surface area contributed by atoms with E-state index in [1.165, 1.54) is 34.8 Å². The normalized spacial score (nSPS) is 14.4. The molecule has 1 aromatic heterocycles. The Morgan fingerprint density at radius 3 is 2.49 bits per heavy atom. The Bertz CT molecular complexity index is 1540. The van der Waals surface area contributed by atoms with Gasteiger partial charge in [-0.25, -0.2) is 13.4 Å². The molecule has 3 aromatic carbocycles. The Morgan fingerprint density at radius 1 is 1.05 bits per heavy atom. The van der Waals surface area contributed by atoms with Crippen molar-refractivity contribution in [3.05, 3.63) is 83.4 Å². The van der Waals surface area contributed by atoms with E-state index in [1.807, 2.05) is 18.2 Å². The number of hydrogen-bond acceptors (Lipinski definition) is 7. The van der Waals surface area contributed by atoms with E-state index in [1.54, 1.807) is 47.4 Å². The van der Waals surface area contributed by atoms with E-state index in [9.17, 15) is 13.2 Å². The highest BCUT2D eigenvalue weighted by molar-refractivity contribution is 7.92. The van der Waals surface area contributed by atoms with Gasteiger partial charge < -0.3 is 4.74 Å². The monoisotopic (exact) mass is 584 g/mol. The van der Waals surface area contributed by atoms with Gasteiger partial charge in [-0.05, 0) is 61.0 Å². The Labute approximate surface area is 237 Å². The first kappa shape index (κ1) is 27.5. The van der Waals surface area contributed by atoms with Crippen LogP contribution in [0.2, 0.25) is 5.02 Å². The zero-order valence-corrected chi connectivity index (χ0v) is 23.9. The third kappa shape index (κ3) is 6.26. The highest BCUT2D eigenvalue weighted by atomic mass is 35.5. The third-order valence-electron chi connectivity index (χ3n) is 6.65. The van der Waals surface area contributed by atoms with Crippen LogP contribution in [-0.4, -0.2) is 70.6 Å². The maximum atomic E-state index is 13.8. The van der Waals surface area contributed by atoms with Crippen molar-refractivity contribution in [1.29, 1.82) is 0 Å². The summed E-state index contributed by atoms with van der Waals surface area (Å²) in [6.07, 6.45) is 0.761. The van der Waals surface area contributed by atoms with E-state index in [2.05, 4.69) is 4.90 Å². The third-order valence-corrected chi connectivity index (χ3v) is 9.73. The highest BCUT2D eigenvalue weighted by Gasteiger charge is 2.25. The second-order valence-electron chi connectivity index (χ2n) is 9.21. The molecule has 1 fully saturated rings. The predicted molar refractivity (Wildman–Crippen MR) is 157 cm³/mol. The minimum atomic E-state index is -3.79. The van der Waals surface area contributed by atoms with Crippen LogP contribution >= 0.6 is 22.9 Å². The zero-order chi connectivity index (χ0) is 27.4. The topological polar surface area (TPSA) is 83.1 Å². The van der Waals surface area contributed by atoms with Gasteiger partial charge in [-0.3, -0.25) is 18.9 Å². The summed E-state index contributed by atoms with van der Waals surface area (Å²) in [7, 11) is -2.27. The van der Waals surface area contributed by atoms with Crippen molar-refractivity contribution < 1.29 is 17.9 Å². The summed E-state index contributed by atoms with van der Waals surface area (Å²) in [6.45, 7) is 4.50. The maximum absolute atomic E-state index is 13.8. The molecule has 2 heterocycles. The number of morpholine rings is 1. The second kappa shape index (κ2) is 12.0. The number of fused-ring (bicyclic) bond motifs is 1. The van der Waals surface area contributed by atoms with Gasteiger partial charge in [-0.2, -0.15) is 0 Å². The average Bonchev–Trinajstić information content (AvgIpc) is 3.38. The van der Waals surface area contributed by atoms with Crippen molar-refractivity contribution in [3.63, 3.8) is 0 Å². The molecule has 1 aliphatic rings. The number of benzene rings is 3. The van der Waals surface area contributed by atoms with Crippen LogP contribution < -0.4 is 9.21 Å². The Hall–Kier alpha value is -3.02. The Kier molecular flexibility index (Phi) is 8.49. The van der Waals surface area contributed by atoms with Gasteiger partial charge in [-0.15, -0.1) is 0 Å². The van der Waals surface area contributed by atoms with Gasteiger partial charge in [0.05, 0.1) is 34.0 Å². The average molecular weight is 585 g/mol. The van der Waals surface area contributed by atoms with Crippen molar-refractivity contribution in [2.45, 2.75) is 11.3 Å². The summed E-state index contributed by atoms with van der Waals surface area (Å²) in [4.78, 5) is 22.6. The van der Waals surface area contributed by atoms with Crippen LogP contribution in [0.1, 0.15) is 16.8 Å². The van der Waals surface area contributed by atoms with Crippen LogP contribution in [0.5, 0.6) is 0 Å². The van der Waals surface area contributed by atoms with E-state index in [-0.39, 0.29) is 10.8 Å². The fourth-order valence-electron chi connectivity index (χ4n) is 4.42. The molecule has 0 atom stereocenters. The Balaban J connectivity index is 1.38. The van der Waals surface area contributed by atoms with Crippen LogP contribution in [-0.2, 0) is 14.8 Å². The molecule has 11 heteroatoms. The molecule has 5 rings (SSSR count). The number of amides is 1. The van der Waals surface area contributed by atoms with Crippen molar-refractivity contribution in [3.8, 4) is 0 Å². The fourth-order valence-corrected chi connectivity index (χ4v) is 6.88. The molecule has 8 nitrogen and oxygen atoms in total. The van der Waals surface area contributed by atoms with Gasteiger partial charge in [-0.1, -0.05) is 41.1 Å². The second-order valence-corrected chi connectivity index (χ2v) is 12.6. The number of anilines is 2. The first-order chi connectivity index (χ1) is 18.8. The quantitative estimate of drug-likeness (QED) is 0.271. The number of thiazole rings is 1. The highest BCUT2D eigenvalue weighted by Crippen LogP contribution is 2.32. The lowest BCUT2D eigenvalue weighted by atomic mass is 10.2. The molecule has 1 saturated heterocycles. The number of hydrogen-bond donors (Lipinski definition) is 0. The molecule has 0 aliphatic carbocycles. The number of carbonyl (C=O) groups is 1. The van der Waals surface area contributed by atoms with E-state index >= 15 is 0 Å². The fraction of sp³-hybridized carbons (Fsp3) is 0.286. The number of halogens is 1. The molecule has 0 unspecified atom stereocenters. The minimum Gasteiger partial charge on any atom is -0.379 e. The van der Waals surface area contributed by atoms with E-state index in [0.29, 0.717) is 27.9 Å². The predicted octanol–water partition coefficient (Wildman–Crippen LogP) is 5.14. The molecule has 0 N–H and O–H groups in total. The first-order valence-corrected chi connectivity index (χ1v) is 15.3. The van der Waals surface area contributed by atoms with Crippen molar-refractivity contribution >= 4 is 59.9 Å². The molecule has 0 saturated carbocycles. The summed E-state index contributed by atoms with van der Waals surface area (Å²) >= 11 is 7.59. The first-order valence-electron chi connectivity index (χ1n) is 12.6. The summed E-state index contributed by atoms with van der Waals surface area (Å²) in [5, 5.41) is 1.19. The smallest absolute Gasteiger partial charge is 0.264 e.